The van der Waals surface area contributed by atoms with Gasteiger partial charge in [-0.1, -0.05) is 12.6 Å². The van der Waals surface area contributed by atoms with E-state index in [9.17, 15) is 27.8 Å². The molecule has 0 saturated heterocycles. The van der Waals surface area contributed by atoms with Gasteiger partial charge in [-0.2, -0.15) is 14.3 Å². The number of imide groups is 1. The topological polar surface area (TPSA) is 121 Å². The number of anilines is 3. The Morgan fingerprint density at radius 1 is 1.15 bits per heavy atom. The van der Waals surface area contributed by atoms with Crippen LogP contribution in [-0.2, 0) is 22.6 Å². The third kappa shape index (κ3) is 6.30. The molecule has 1 aliphatic carbocycles. The molecule has 2 N–H and O–H groups in total. The number of carbonyl (C=O) groups is 3. The number of rotatable bonds is 5. The van der Waals surface area contributed by atoms with E-state index >= 15 is 0 Å². The van der Waals surface area contributed by atoms with Crippen LogP contribution in [0.3, 0.4) is 0 Å². The maximum atomic E-state index is 14.8. The van der Waals surface area contributed by atoms with E-state index in [0.717, 1.165) is 0 Å². The maximum Gasteiger partial charge on any atom is 0.506 e. The van der Waals surface area contributed by atoms with Gasteiger partial charge in [0.1, 0.15) is 23.4 Å². The molecule has 1 aliphatic heterocycles. The molecule has 5 rings (SSSR count). The highest BCUT2D eigenvalue weighted by Gasteiger charge is 2.51. The molecule has 0 radical (unpaired) electrons. The van der Waals surface area contributed by atoms with E-state index in [2.05, 4.69) is 17.2 Å². The van der Waals surface area contributed by atoms with Crippen LogP contribution in [0.4, 0.5) is 32.1 Å². The number of nitrogens with one attached hydrogen (secondary N) is 2. The Hall–Kier alpha value is -3.72. The second-order valence-electron chi connectivity index (χ2n) is 9.66. The van der Waals surface area contributed by atoms with Crippen LogP contribution in [0.15, 0.2) is 47.3 Å². The highest BCUT2D eigenvalue weighted by molar-refractivity contribution is 14.1. The lowest BCUT2D eigenvalue weighted by Gasteiger charge is -2.23. The first-order valence-corrected chi connectivity index (χ1v) is 15.5. The summed E-state index contributed by atoms with van der Waals surface area (Å²) in [6.45, 7) is 5.26. The summed E-state index contributed by atoms with van der Waals surface area (Å²) in [5.74, 6) is -1.41. The minimum Gasteiger partial charge on any atom is -0.338 e. The van der Waals surface area contributed by atoms with Gasteiger partial charge >= 0.3 is 11.9 Å². The Kier molecular flexibility index (Phi) is 8.87. The lowest BCUT2D eigenvalue weighted by atomic mass is 10.1. The first-order valence-electron chi connectivity index (χ1n) is 12.4. The zero-order chi connectivity index (χ0) is 30.2. The fraction of sp³-hybridized carbons (Fsp3) is 0.250. The number of hydrogen-bond acceptors (Lipinski definition) is 6. The molecule has 2 heterocycles. The highest BCUT2D eigenvalue weighted by Crippen LogP contribution is 2.32. The van der Waals surface area contributed by atoms with Crippen molar-refractivity contribution in [1.29, 1.82) is 0 Å². The number of urea groups is 1. The molecule has 0 atom stereocenters. The van der Waals surface area contributed by atoms with Crippen molar-refractivity contribution in [2.45, 2.75) is 25.8 Å². The Morgan fingerprint density at radius 3 is 2.39 bits per heavy atom. The molecule has 1 fully saturated rings. The number of carbonyl (C=O) groups excluding carboxylic acids is 3. The first-order chi connectivity index (χ1) is 19.3. The Labute approximate surface area is 251 Å². The van der Waals surface area contributed by atoms with Gasteiger partial charge in [0.05, 0.1) is 10.9 Å². The zero-order valence-corrected chi connectivity index (χ0v) is 25.8. The SMILES string of the molecule is C=c1c2c(c(Nc3ccc(I)cc3F)n(C)c1=O)C(=O)N(C1CC1)C(=O)[N+]=2c1cccc(NC(C)=O)c1.CS(C)=O. The lowest BCUT2D eigenvalue weighted by Crippen LogP contribution is -2.61. The van der Waals surface area contributed by atoms with Crippen molar-refractivity contribution in [3.63, 3.8) is 0 Å². The van der Waals surface area contributed by atoms with Crippen LogP contribution in [0.25, 0.3) is 6.58 Å². The van der Waals surface area contributed by atoms with Crippen molar-refractivity contribution >= 4 is 80.7 Å². The molecule has 0 spiro atoms. The van der Waals surface area contributed by atoms with E-state index in [0.29, 0.717) is 27.8 Å². The minimum absolute atomic E-state index is 0.0170. The van der Waals surface area contributed by atoms with Crippen LogP contribution in [0, 0.1) is 9.39 Å². The van der Waals surface area contributed by atoms with Crippen LogP contribution >= 0.6 is 22.6 Å². The summed E-state index contributed by atoms with van der Waals surface area (Å²) in [6, 6.07) is 10.1. The summed E-state index contributed by atoms with van der Waals surface area (Å²) in [4.78, 5) is 53.6. The van der Waals surface area contributed by atoms with Gasteiger partial charge in [0, 0.05) is 52.6 Å². The molecule has 41 heavy (non-hydrogen) atoms. The molecule has 2 aliphatic rings. The Bertz CT molecular complexity index is 1800. The van der Waals surface area contributed by atoms with Crippen molar-refractivity contribution in [2.24, 2.45) is 7.05 Å². The number of benzene rings is 2. The van der Waals surface area contributed by atoms with E-state index in [1.165, 1.54) is 40.1 Å². The molecule has 0 unspecified atom stereocenters. The quantitative estimate of drug-likeness (QED) is 0.314. The molecule has 0 bridgehead atoms. The number of aromatic nitrogens is 1. The van der Waals surface area contributed by atoms with Gasteiger partial charge in [0.25, 0.3) is 5.56 Å². The van der Waals surface area contributed by atoms with Gasteiger partial charge in [0.15, 0.2) is 10.9 Å². The largest absolute Gasteiger partial charge is 0.506 e. The monoisotopic (exact) mass is 692 g/mol. The predicted octanol–water partition coefficient (Wildman–Crippen LogP) is 2.80. The summed E-state index contributed by atoms with van der Waals surface area (Å²) < 4.78 is 27.5. The summed E-state index contributed by atoms with van der Waals surface area (Å²) >= 11 is 1.98. The summed E-state index contributed by atoms with van der Waals surface area (Å²) in [5, 5.41) is 5.54. The van der Waals surface area contributed by atoms with Crippen molar-refractivity contribution in [1.82, 2.24) is 14.0 Å². The standard InChI is InChI=1S/C26H21FIN5O4.C2H6OS/c1-13-22-21(23(31(3)24(13)35)30-20-10-7-15(28)11-19(20)27)25(36)33(17-8-9-17)26(37)32(22)18-6-4-5-16(12-18)29-14(2)34;1-4(2)3/h4-7,10-12,17H,1,8-9H2,2-3H3,(H,29,34);1-2H3/p+1. The molecule has 1 saturated carbocycles. The second kappa shape index (κ2) is 12.0. The summed E-state index contributed by atoms with van der Waals surface area (Å²) in [5.41, 5.74) is 0.302. The van der Waals surface area contributed by atoms with Crippen molar-refractivity contribution < 1.29 is 23.0 Å². The van der Waals surface area contributed by atoms with Crippen molar-refractivity contribution in [3.05, 3.63) is 78.3 Å². The van der Waals surface area contributed by atoms with Gasteiger partial charge in [-0.3, -0.25) is 18.4 Å². The Morgan fingerprint density at radius 2 is 1.80 bits per heavy atom. The predicted molar refractivity (Wildman–Crippen MR) is 165 cm³/mol. The van der Waals surface area contributed by atoms with Crippen LogP contribution in [-0.4, -0.2) is 50.1 Å². The van der Waals surface area contributed by atoms with E-state index in [1.54, 1.807) is 42.8 Å². The average molecular weight is 693 g/mol. The fourth-order valence-corrected chi connectivity index (χ4v) is 4.83. The fourth-order valence-electron chi connectivity index (χ4n) is 4.38. The highest BCUT2D eigenvalue weighted by atomic mass is 127. The van der Waals surface area contributed by atoms with E-state index in [4.69, 9.17) is 0 Å². The molecular formula is C28H28FIN5O5S+. The number of pyridine rings is 1. The third-order valence-electron chi connectivity index (χ3n) is 6.23. The number of amides is 4. The smallest absolute Gasteiger partial charge is 0.338 e. The number of nitrogens with zero attached hydrogens (tertiary/aromatic N) is 3. The maximum absolute atomic E-state index is 14.8. The van der Waals surface area contributed by atoms with E-state index < -0.39 is 34.1 Å². The molecule has 1 aromatic heterocycles. The van der Waals surface area contributed by atoms with Crippen LogP contribution in [0.5, 0.6) is 0 Å². The van der Waals surface area contributed by atoms with Crippen LogP contribution in [0.2, 0.25) is 0 Å². The molecule has 13 heteroatoms. The lowest BCUT2D eigenvalue weighted by molar-refractivity contribution is -0.114. The van der Waals surface area contributed by atoms with Gasteiger partial charge in [0.2, 0.25) is 5.91 Å². The molecule has 214 valence electrons. The van der Waals surface area contributed by atoms with E-state index in [-0.39, 0.29) is 39.6 Å². The number of fused-ring (bicyclic) bond motifs is 1. The van der Waals surface area contributed by atoms with Crippen LogP contribution in [0.1, 0.15) is 30.1 Å². The zero-order valence-electron chi connectivity index (χ0n) is 22.8. The van der Waals surface area contributed by atoms with Crippen LogP contribution < -0.4 is 31.3 Å². The Balaban J connectivity index is 0.000000909. The molecule has 2 aromatic carbocycles. The molecular weight excluding hydrogens is 664 g/mol. The molecule has 4 amide bonds. The second-order valence-corrected chi connectivity index (χ2v) is 12.4. The van der Waals surface area contributed by atoms with Gasteiger partial charge < -0.3 is 10.6 Å². The number of hydrogen-bond donors (Lipinski definition) is 2. The molecule has 10 nitrogen and oxygen atoms in total. The number of halogens is 2. The van der Waals surface area contributed by atoms with Crippen molar-refractivity contribution in [3.8, 4) is 0 Å². The van der Waals surface area contributed by atoms with E-state index in [1.807, 2.05) is 22.6 Å². The third-order valence-corrected chi connectivity index (χ3v) is 6.90. The normalized spacial score (nSPS) is 14.4. The summed E-state index contributed by atoms with van der Waals surface area (Å²) in [7, 11) is 0.844. The minimum atomic E-state index is -0.621. The summed E-state index contributed by atoms with van der Waals surface area (Å²) in [6.07, 6.45) is 4.59. The average Bonchev–Trinajstić information content (AvgIpc) is 3.71. The molecule has 3 aromatic rings. The first kappa shape index (κ1) is 30.2. The van der Waals surface area contributed by atoms with Gasteiger partial charge in [-0.25, -0.2) is 9.18 Å². The van der Waals surface area contributed by atoms with Gasteiger partial charge in [-0.05, 0) is 65.8 Å². The van der Waals surface area contributed by atoms with Gasteiger partial charge in [-0.15, -0.1) is 0 Å². The van der Waals surface area contributed by atoms with Crippen molar-refractivity contribution in [2.75, 3.05) is 23.1 Å².